The van der Waals surface area contributed by atoms with E-state index in [1.807, 2.05) is 0 Å². The van der Waals surface area contributed by atoms with Crippen molar-refractivity contribution >= 4 is 0 Å². The molecule has 0 saturated carbocycles. The highest BCUT2D eigenvalue weighted by Gasteiger charge is 2.10. The Morgan fingerprint density at radius 1 is 1.00 bits per heavy atom. The van der Waals surface area contributed by atoms with Crippen LogP contribution in [0.2, 0.25) is 0 Å². The van der Waals surface area contributed by atoms with Gasteiger partial charge in [-0.1, -0.05) is 38.1 Å². The van der Waals surface area contributed by atoms with Gasteiger partial charge in [-0.25, -0.2) is 0 Å². The number of rotatable bonds is 3. The maximum absolute atomic E-state index is 6.14. The van der Waals surface area contributed by atoms with Gasteiger partial charge in [0.25, 0.3) is 0 Å². The van der Waals surface area contributed by atoms with Crippen molar-refractivity contribution in [2.45, 2.75) is 25.8 Å². The molecule has 1 unspecified atom stereocenters. The second-order valence-electron chi connectivity index (χ2n) is 4.43. The SMILES string of the molecule is CC(C)c1ccc(C(N)c2cnccn2)cc1. The first-order valence-electron chi connectivity index (χ1n) is 5.80. The molecule has 1 aromatic heterocycles. The second kappa shape index (κ2) is 5.06. The van der Waals surface area contributed by atoms with Gasteiger partial charge in [-0.3, -0.25) is 9.97 Å². The van der Waals surface area contributed by atoms with E-state index in [0.717, 1.165) is 11.3 Å². The van der Waals surface area contributed by atoms with Gasteiger partial charge in [-0.05, 0) is 17.0 Å². The molecule has 88 valence electrons. The quantitative estimate of drug-likeness (QED) is 0.877. The summed E-state index contributed by atoms with van der Waals surface area (Å²) >= 11 is 0. The van der Waals surface area contributed by atoms with Crippen LogP contribution in [0.25, 0.3) is 0 Å². The lowest BCUT2D eigenvalue weighted by Crippen LogP contribution is -2.13. The number of nitrogens with zero attached hydrogens (tertiary/aromatic N) is 2. The summed E-state index contributed by atoms with van der Waals surface area (Å²) in [4.78, 5) is 8.26. The summed E-state index contributed by atoms with van der Waals surface area (Å²) in [5, 5.41) is 0. The lowest BCUT2D eigenvalue weighted by molar-refractivity contribution is 0.811. The van der Waals surface area contributed by atoms with Crippen molar-refractivity contribution in [3.8, 4) is 0 Å². The van der Waals surface area contributed by atoms with Crippen LogP contribution < -0.4 is 5.73 Å². The lowest BCUT2D eigenvalue weighted by Gasteiger charge is -2.12. The minimum atomic E-state index is -0.204. The van der Waals surface area contributed by atoms with E-state index < -0.39 is 0 Å². The highest BCUT2D eigenvalue weighted by molar-refractivity contribution is 5.30. The van der Waals surface area contributed by atoms with E-state index in [-0.39, 0.29) is 6.04 Å². The molecule has 0 aliphatic carbocycles. The Morgan fingerprint density at radius 2 is 1.65 bits per heavy atom. The van der Waals surface area contributed by atoms with Crippen LogP contribution in [0, 0.1) is 0 Å². The molecule has 17 heavy (non-hydrogen) atoms. The van der Waals surface area contributed by atoms with Gasteiger partial charge in [-0.15, -0.1) is 0 Å². The maximum Gasteiger partial charge on any atom is 0.0799 e. The molecular formula is C14H17N3. The van der Waals surface area contributed by atoms with Crippen LogP contribution in [-0.4, -0.2) is 9.97 Å². The smallest absolute Gasteiger partial charge is 0.0799 e. The zero-order valence-corrected chi connectivity index (χ0v) is 10.2. The molecule has 0 fully saturated rings. The molecule has 1 atom stereocenters. The Hall–Kier alpha value is -1.74. The van der Waals surface area contributed by atoms with Crippen molar-refractivity contribution in [1.29, 1.82) is 0 Å². The second-order valence-corrected chi connectivity index (χ2v) is 4.43. The van der Waals surface area contributed by atoms with E-state index >= 15 is 0 Å². The van der Waals surface area contributed by atoms with Crippen LogP contribution in [0.3, 0.4) is 0 Å². The minimum Gasteiger partial charge on any atom is -0.319 e. The third-order valence-corrected chi connectivity index (χ3v) is 2.86. The van der Waals surface area contributed by atoms with Crippen LogP contribution >= 0.6 is 0 Å². The van der Waals surface area contributed by atoms with Crippen LogP contribution in [0.5, 0.6) is 0 Å². The Balaban J connectivity index is 2.23. The molecule has 0 amide bonds. The fourth-order valence-electron chi connectivity index (χ4n) is 1.73. The number of hydrogen-bond donors (Lipinski definition) is 1. The predicted molar refractivity (Wildman–Crippen MR) is 68.6 cm³/mol. The van der Waals surface area contributed by atoms with Gasteiger partial charge in [-0.2, -0.15) is 0 Å². The van der Waals surface area contributed by atoms with Crippen LogP contribution in [-0.2, 0) is 0 Å². The van der Waals surface area contributed by atoms with Crippen molar-refractivity contribution < 1.29 is 0 Å². The number of benzene rings is 1. The van der Waals surface area contributed by atoms with E-state index in [0.29, 0.717) is 5.92 Å². The molecule has 0 spiro atoms. The van der Waals surface area contributed by atoms with Gasteiger partial charge in [0, 0.05) is 12.4 Å². The van der Waals surface area contributed by atoms with Gasteiger partial charge in [0.2, 0.25) is 0 Å². The zero-order chi connectivity index (χ0) is 12.3. The summed E-state index contributed by atoms with van der Waals surface area (Å²) in [7, 11) is 0. The molecule has 0 bridgehead atoms. The summed E-state index contributed by atoms with van der Waals surface area (Å²) in [6.07, 6.45) is 5.02. The topological polar surface area (TPSA) is 51.8 Å². The van der Waals surface area contributed by atoms with Crippen LogP contribution in [0.15, 0.2) is 42.9 Å². The Kier molecular flexibility index (Phi) is 3.49. The van der Waals surface area contributed by atoms with Crippen molar-refractivity contribution in [2.75, 3.05) is 0 Å². The summed E-state index contributed by atoms with van der Waals surface area (Å²) in [6.45, 7) is 4.36. The highest BCUT2D eigenvalue weighted by Crippen LogP contribution is 2.20. The summed E-state index contributed by atoms with van der Waals surface area (Å²) in [6, 6.07) is 8.17. The molecule has 2 aromatic rings. The lowest BCUT2D eigenvalue weighted by atomic mass is 9.98. The van der Waals surface area contributed by atoms with Crippen LogP contribution in [0.4, 0.5) is 0 Å². The van der Waals surface area contributed by atoms with Crippen molar-refractivity contribution in [3.63, 3.8) is 0 Å². The molecule has 0 aliphatic rings. The van der Waals surface area contributed by atoms with Crippen molar-refractivity contribution in [1.82, 2.24) is 9.97 Å². The Labute approximate surface area is 102 Å². The highest BCUT2D eigenvalue weighted by atomic mass is 14.8. The predicted octanol–water partition coefficient (Wildman–Crippen LogP) is 2.65. The molecule has 1 aromatic carbocycles. The van der Waals surface area contributed by atoms with E-state index in [4.69, 9.17) is 5.73 Å². The monoisotopic (exact) mass is 227 g/mol. The average Bonchev–Trinajstić information content (AvgIpc) is 2.39. The van der Waals surface area contributed by atoms with Crippen LogP contribution in [0.1, 0.15) is 42.6 Å². The largest absolute Gasteiger partial charge is 0.319 e. The molecular weight excluding hydrogens is 210 g/mol. The zero-order valence-electron chi connectivity index (χ0n) is 10.2. The van der Waals surface area contributed by atoms with E-state index in [1.165, 1.54) is 5.56 Å². The number of nitrogens with two attached hydrogens (primary N) is 1. The molecule has 0 radical (unpaired) electrons. The average molecular weight is 227 g/mol. The molecule has 3 nitrogen and oxygen atoms in total. The van der Waals surface area contributed by atoms with Crippen molar-refractivity contribution in [3.05, 3.63) is 59.7 Å². The molecule has 0 aliphatic heterocycles. The van der Waals surface area contributed by atoms with Crippen molar-refractivity contribution in [2.24, 2.45) is 5.73 Å². The van der Waals surface area contributed by atoms with Gasteiger partial charge in [0.05, 0.1) is 17.9 Å². The third kappa shape index (κ3) is 2.68. The minimum absolute atomic E-state index is 0.204. The Morgan fingerprint density at radius 3 is 2.18 bits per heavy atom. The first kappa shape index (κ1) is 11.7. The molecule has 0 saturated heterocycles. The van der Waals surface area contributed by atoms with E-state index in [1.54, 1.807) is 18.6 Å². The summed E-state index contributed by atoms with van der Waals surface area (Å²) < 4.78 is 0. The van der Waals surface area contributed by atoms with E-state index in [9.17, 15) is 0 Å². The third-order valence-electron chi connectivity index (χ3n) is 2.86. The van der Waals surface area contributed by atoms with E-state index in [2.05, 4.69) is 48.1 Å². The van der Waals surface area contributed by atoms with Gasteiger partial charge in [0.1, 0.15) is 0 Å². The fraction of sp³-hybridized carbons (Fsp3) is 0.286. The Bertz CT molecular complexity index is 463. The number of hydrogen-bond acceptors (Lipinski definition) is 3. The summed E-state index contributed by atoms with van der Waals surface area (Å²) in [5.74, 6) is 0.539. The number of aromatic nitrogens is 2. The first-order valence-corrected chi connectivity index (χ1v) is 5.80. The molecule has 3 heteroatoms. The standard InChI is InChI=1S/C14H17N3/c1-10(2)11-3-5-12(6-4-11)14(15)13-9-16-7-8-17-13/h3-10,14H,15H2,1-2H3. The first-order chi connectivity index (χ1) is 8.18. The fourth-order valence-corrected chi connectivity index (χ4v) is 1.73. The maximum atomic E-state index is 6.14. The normalized spacial score (nSPS) is 12.7. The van der Waals surface area contributed by atoms with Gasteiger partial charge < -0.3 is 5.73 Å². The van der Waals surface area contributed by atoms with Gasteiger partial charge in [0.15, 0.2) is 0 Å². The van der Waals surface area contributed by atoms with Gasteiger partial charge >= 0.3 is 0 Å². The summed E-state index contributed by atoms with van der Waals surface area (Å²) in [5.41, 5.74) is 9.32. The molecule has 2 rings (SSSR count). The molecule has 1 heterocycles. The molecule has 2 N–H and O–H groups in total.